The Bertz CT molecular complexity index is 354. The predicted molar refractivity (Wildman–Crippen MR) is 71.3 cm³/mol. The molecule has 1 unspecified atom stereocenters. The van der Waals surface area contributed by atoms with Crippen molar-refractivity contribution in [3.8, 4) is 0 Å². The van der Waals surface area contributed by atoms with Gasteiger partial charge in [-0.15, -0.1) is 0 Å². The van der Waals surface area contributed by atoms with Crippen LogP contribution in [-0.4, -0.2) is 33.5 Å². The van der Waals surface area contributed by atoms with Crippen LogP contribution in [0, 0.1) is 0 Å². The molecule has 0 saturated carbocycles. The maximum atomic E-state index is 11.3. The zero-order valence-electron chi connectivity index (χ0n) is 11.2. The van der Waals surface area contributed by atoms with Crippen molar-refractivity contribution in [3.05, 3.63) is 30.1 Å². The lowest BCUT2D eigenvalue weighted by Gasteiger charge is -2.27. The molecule has 1 atom stereocenters. The number of aliphatic carboxylic acids is 1. The number of carboxylic acids is 1. The third-order valence-electron chi connectivity index (χ3n) is 3.05. The van der Waals surface area contributed by atoms with Crippen molar-refractivity contribution in [2.75, 3.05) is 6.54 Å². The van der Waals surface area contributed by atoms with Gasteiger partial charge >= 0.3 is 5.97 Å². The fourth-order valence-electron chi connectivity index (χ4n) is 2.00. The van der Waals surface area contributed by atoms with Gasteiger partial charge in [0.2, 0.25) is 0 Å². The Balaban J connectivity index is 2.69. The largest absolute Gasteiger partial charge is 0.480 e. The fourth-order valence-corrected chi connectivity index (χ4v) is 2.00. The number of nitrogens with zero attached hydrogens (tertiary/aromatic N) is 2. The first kappa shape index (κ1) is 14.6. The number of hydrogen-bond acceptors (Lipinski definition) is 3. The van der Waals surface area contributed by atoms with Gasteiger partial charge in [-0.25, -0.2) is 0 Å². The SMILES string of the molecule is CCCCC(C(=O)O)N(CC)Cc1ccccn1. The van der Waals surface area contributed by atoms with Crippen LogP contribution in [0.5, 0.6) is 0 Å². The second kappa shape index (κ2) is 7.82. The highest BCUT2D eigenvalue weighted by molar-refractivity contribution is 5.73. The van der Waals surface area contributed by atoms with Gasteiger partial charge in [0.05, 0.1) is 5.69 Å². The third-order valence-corrected chi connectivity index (χ3v) is 3.05. The van der Waals surface area contributed by atoms with E-state index in [1.165, 1.54) is 0 Å². The molecule has 100 valence electrons. The lowest BCUT2D eigenvalue weighted by Crippen LogP contribution is -2.40. The van der Waals surface area contributed by atoms with Gasteiger partial charge in [-0.3, -0.25) is 14.7 Å². The van der Waals surface area contributed by atoms with E-state index in [0.29, 0.717) is 13.0 Å². The van der Waals surface area contributed by atoms with Gasteiger partial charge in [0.1, 0.15) is 6.04 Å². The van der Waals surface area contributed by atoms with Crippen LogP contribution in [0.25, 0.3) is 0 Å². The first-order valence-electron chi connectivity index (χ1n) is 6.55. The summed E-state index contributed by atoms with van der Waals surface area (Å²) in [7, 11) is 0. The van der Waals surface area contributed by atoms with Gasteiger partial charge in [-0.05, 0) is 25.1 Å². The van der Waals surface area contributed by atoms with Crippen LogP contribution in [0.15, 0.2) is 24.4 Å². The van der Waals surface area contributed by atoms with E-state index in [-0.39, 0.29) is 0 Å². The quantitative estimate of drug-likeness (QED) is 0.770. The molecular formula is C14H22N2O2. The van der Waals surface area contributed by atoms with Crippen molar-refractivity contribution in [1.29, 1.82) is 0 Å². The molecule has 0 saturated heterocycles. The highest BCUT2D eigenvalue weighted by Gasteiger charge is 2.23. The highest BCUT2D eigenvalue weighted by atomic mass is 16.4. The van der Waals surface area contributed by atoms with Crippen molar-refractivity contribution >= 4 is 5.97 Å². The van der Waals surface area contributed by atoms with Gasteiger partial charge in [0, 0.05) is 12.7 Å². The van der Waals surface area contributed by atoms with Crippen LogP contribution >= 0.6 is 0 Å². The molecule has 0 radical (unpaired) electrons. The lowest BCUT2D eigenvalue weighted by molar-refractivity contribution is -0.143. The van der Waals surface area contributed by atoms with Gasteiger partial charge in [0.15, 0.2) is 0 Å². The molecule has 4 heteroatoms. The van der Waals surface area contributed by atoms with E-state index >= 15 is 0 Å². The van der Waals surface area contributed by atoms with Crippen molar-refractivity contribution in [1.82, 2.24) is 9.88 Å². The molecule has 0 aliphatic carbocycles. The molecule has 0 aromatic carbocycles. The molecule has 0 amide bonds. The van der Waals surface area contributed by atoms with Gasteiger partial charge in [-0.1, -0.05) is 32.8 Å². The standard InChI is InChI=1S/C14H22N2O2/c1-3-5-9-13(14(17)18)16(4-2)11-12-8-6-7-10-15-12/h6-8,10,13H,3-5,9,11H2,1-2H3,(H,17,18). The molecule has 0 bridgehead atoms. The topological polar surface area (TPSA) is 53.4 Å². The number of unbranched alkanes of at least 4 members (excludes halogenated alkanes) is 1. The summed E-state index contributed by atoms with van der Waals surface area (Å²) < 4.78 is 0. The number of aromatic nitrogens is 1. The summed E-state index contributed by atoms with van der Waals surface area (Å²) in [5, 5.41) is 9.32. The molecule has 0 fully saturated rings. The number of carboxylic acid groups (broad SMARTS) is 1. The Labute approximate surface area is 109 Å². The molecule has 1 N–H and O–H groups in total. The van der Waals surface area contributed by atoms with Crippen LogP contribution in [0.2, 0.25) is 0 Å². The Kier molecular flexibility index (Phi) is 6.36. The Morgan fingerprint density at radius 2 is 2.22 bits per heavy atom. The molecule has 1 heterocycles. The average Bonchev–Trinajstić information content (AvgIpc) is 2.38. The molecule has 0 spiro atoms. The normalized spacial score (nSPS) is 12.6. The summed E-state index contributed by atoms with van der Waals surface area (Å²) in [6, 6.07) is 5.32. The maximum Gasteiger partial charge on any atom is 0.320 e. The Morgan fingerprint density at radius 1 is 1.44 bits per heavy atom. The molecular weight excluding hydrogens is 228 g/mol. The van der Waals surface area contributed by atoms with E-state index in [2.05, 4.69) is 11.9 Å². The summed E-state index contributed by atoms with van der Waals surface area (Å²) in [5.41, 5.74) is 0.919. The van der Waals surface area contributed by atoms with E-state index in [1.807, 2.05) is 30.0 Å². The molecule has 4 nitrogen and oxygen atoms in total. The van der Waals surface area contributed by atoms with Gasteiger partial charge in [-0.2, -0.15) is 0 Å². The Morgan fingerprint density at radius 3 is 2.72 bits per heavy atom. The average molecular weight is 250 g/mol. The summed E-state index contributed by atoms with van der Waals surface area (Å²) in [4.78, 5) is 17.6. The molecule has 1 rings (SSSR count). The summed E-state index contributed by atoms with van der Waals surface area (Å²) in [6.07, 6.45) is 4.40. The van der Waals surface area contributed by atoms with Crippen LogP contribution in [0.4, 0.5) is 0 Å². The van der Waals surface area contributed by atoms with Crippen LogP contribution < -0.4 is 0 Å². The minimum absolute atomic E-state index is 0.406. The van der Waals surface area contributed by atoms with Gasteiger partial charge < -0.3 is 5.11 Å². The Hall–Kier alpha value is -1.42. The minimum Gasteiger partial charge on any atom is -0.480 e. The second-order valence-corrected chi connectivity index (χ2v) is 4.38. The highest BCUT2D eigenvalue weighted by Crippen LogP contribution is 2.12. The molecule has 18 heavy (non-hydrogen) atoms. The summed E-state index contributed by atoms with van der Waals surface area (Å²) >= 11 is 0. The van der Waals surface area contributed by atoms with Crippen LogP contribution in [0.3, 0.4) is 0 Å². The number of rotatable bonds is 8. The number of likely N-dealkylation sites (N-methyl/N-ethyl adjacent to an activating group) is 1. The first-order valence-corrected chi connectivity index (χ1v) is 6.55. The van der Waals surface area contributed by atoms with Crippen molar-refractivity contribution in [2.45, 2.75) is 45.7 Å². The molecule has 0 aliphatic rings. The lowest BCUT2D eigenvalue weighted by atomic mass is 10.1. The zero-order valence-corrected chi connectivity index (χ0v) is 11.2. The van der Waals surface area contributed by atoms with Crippen molar-refractivity contribution in [3.63, 3.8) is 0 Å². The molecule has 0 aliphatic heterocycles. The second-order valence-electron chi connectivity index (χ2n) is 4.38. The third kappa shape index (κ3) is 4.45. The monoisotopic (exact) mass is 250 g/mol. The van der Waals surface area contributed by atoms with Crippen molar-refractivity contribution in [2.24, 2.45) is 0 Å². The van der Waals surface area contributed by atoms with E-state index in [9.17, 15) is 9.90 Å². The van der Waals surface area contributed by atoms with Gasteiger partial charge in [0.25, 0.3) is 0 Å². The smallest absolute Gasteiger partial charge is 0.320 e. The molecule has 1 aromatic rings. The number of pyridine rings is 1. The predicted octanol–water partition coefficient (Wildman–Crippen LogP) is 2.55. The number of carbonyl (C=O) groups is 1. The van der Waals surface area contributed by atoms with Crippen LogP contribution in [0.1, 0.15) is 38.8 Å². The minimum atomic E-state index is -0.735. The summed E-state index contributed by atoms with van der Waals surface area (Å²) in [5.74, 6) is -0.735. The summed E-state index contributed by atoms with van der Waals surface area (Å²) in [6.45, 7) is 5.38. The van der Waals surface area contributed by atoms with E-state index in [4.69, 9.17) is 0 Å². The van der Waals surface area contributed by atoms with E-state index in [1.54, 1.807) is 6.20 Å². The maximum absolute atomic E-state index is 11.3. The zero-order chi connectivity index (χ0) is 13.4. The first-order chi connectivity index (χ1) is 8.69. The number of hydrogen-bond donors (Lipinski definition) is 1. The van der Waals surface area contributed by atoms with Crippen LogP contribution in [-0.2, 0) is 11.3 Å². The van der Waals surface area contributed by atoms with E-state index in [0.717, 1.165) is 25.1 Å². The fraction of sp³-hybridized carbons (Fsp3) is 0.571. The van der Waals surface area contributed by atoms with Crippen molar-refractivity contribution < 1.29 is 9.90 Å². The van der Waals surface area contributed by atoms with E-state index < -0.39 is 12.0 Å². The molecule has 1 aromatic heterocycles.